The van der Waals surface area contributed by atoms with E-state index in [2.05, 4.69) is 37.4 Å². The largest absolute Gasteiger partial charge is 0.314 e. The van der Waals surface area contributed by atoms with Gasteiger partial charge in [-0.2, -0.15) is 0 Å². The molecular weight excluding hydrogens is 513 g/mol. The van der Waals surface area contributed by atoms with E-state index in [4.69, 9.17) is 0 Å². The third-order valence-electron chi connectivity index (χ3n) is 5.93. The minimum absolute atomic E-state index is 0.0135. The summed E-state index contributed by atoms with van der Waals surface area (Å²) < 4.78 is 28.0. The Bertz CT molecular complexity index is 1100. The van der Waals surface area contributed by atoms with E-state index >= 15 is 0 Å². The van der Waals surface area contributed by atoms with Crippen LogP contribution in [0.4, 0.5) is 8.78 Å². The van der Waals surface area contributed by atoms with Gasteiger partial charge in [-0.15, -0.1) is 0 Å². The molecule has 160 valence electrons. The molecule has 5 nitrogen and oxygen atoms in total. The van der Waals surface area contributed by atoms with E-state index in [9.17, 15) is 13.6 Å². The molecule has 3 heterocycles. The van der Waals surface area contributed by atoms with Crippen molar-refractivity contribution in [2.24, 2.45) is 4.99 Å². The van der Waals surface area contributed by atoms with Crippen LogP contribution >= 0.6 is 22.6 Å². The van der Waals surface area contributed by atoms with Crippen LogP contribution in [0.1, 0.15) is 17.5 Å². The molecule has 0 atom stereocenters. The number of carbonyl (C=O) groups is 1. The molecule has 0 fully saturated rings. The summed E-state index contributed by atoms with van der Waals surface area (Å²) in [5, 5.41) is 0. The van der Waals surface area contributed by atoms with Crippen LogP contribution in [0.3, 0.4) is 0 Å². The number of guanidine groups is 1. The minimum atomic E-state index is -0.845. The summed E-state index contributed by atoms with van der Waals surface area (Å²) in [4.78, 5) is 24.2. The van der Waals surface area contributed by atoms with Gasteiger partial charge in [-0.05, 0) is 58.0 Å². The van der Waals surface area contributed by atoms with Crippen LogP contribution in [-0.2, 0) is 17.9 Å². The number of carbonyl (C=O) groups excluding carboxylic acids is 1. The summed E-state index contributed by atoms with van der Waals surface area (Å²) in [7, 11) is 0. The molecule has 0 spiro atoms. The fourth-order valence-electron chi connectivity index (χ4n) is 4.42. The second-order valence-corrected chi connectivity index (χ2v) is 9.23. The lowest BCUT2D eigenvalue weighted by molar-refractivity contribution is -0.125. The lowest BCUT2D eigenvalue weighted by Gasteiger charge is -2.42. The number of fused-ring (bicyclic) bond motifs is 2. The molecule has 3 aliphatic heterocycles. The second kappa shape index (κ2) is 8.31. The molecular formula is C23H21F2IN4O. The number of aliphatic imine (C=N–C) groups is 1. The van der Waals surface area contributed by atoms with Gasteiger partial charge in [0.15, 0.2) is 11.6 Å². The predicted octanol–water partition coefficient (Wildman–Crippen LogP) is 3.74. The first-order valence-electron chi connectivity index (χ1n) is 10.3. The van der Waals surface area contributed by atoms with Crippen LogP contribution in [-0.4, -0.2) is 52.7 Å². The molecule has 0 aliphatic carbocycles. The van der Waals surface area contributed by atoms with E-state index in [1.807, 2.05) is 24.3 Å². The molecule has 1 amide bonds. The van der Waals surface area contributed by atoms with Gasteiger partial charge in [0, 0.05) is 41.9 Å². The van der Waals surface area contributed by atoms with Gasteiger partial charge in [-0.3, -0.25) is 19.6 Å². The quantitative estimate of drug-likeness (QED) is 0.562. The SMILES string of the molecule is O=C1C2=C(CCN(Cc3ccc(F)c(F)c3)C2)N2CCN=C2N1Cc1ccc(I)cc1. The van der Waals surface area contributed by atoms with Gasteiger partial charge in [0.1, 0.15) is 0 Å². The summed E-state index contributed by atoms with van der Waals surface area (Å²) in [6, 6.07) is 12.1. The van der Waals surface area contributed by atoms with Gasteiger partial charge < -0.3 is 4.90 Å². The van der Waals surface area contributed by atoms with Gasteiger partial charge in [0.05, 0.1) is 18.7 Å². The van der Waals surface area contributed by atoms with Crippen molar-refractivity contribution in [3.63, 3.8) is 0 Å². The van der Waals surface area contributed by atoms with Crippen molar-refractivity contribution in [2.45, 2.75) is 19.5 Å². The monoisotopic (exact) mass is 534 g/mol. The summed E-state index contributed by atoms with van der Waals surface area (Å²) in [6.45, 7) is 3.66. The molecule has 0 N–H and O–H groups in total. The molecule has 3 aliphatic rings. The summed E-state index contributed by atoms with van der Waals surface area (Å²) in [6.07, 6.45) is 0.737. The molecule has 0 aromatic heterocycles. The van der Waals surface area contributed by atoms with E-state index in [1.165, 1.54) is 6.07 Å². The Hall–Kier alpha value is -2.33. The van der Waals surface area contributed by atoms with E-state index < -0.39 is 11.6 Å². The van der Waals surface area contributed by atoms with E-state index in [0.29, 0.717) is 31.7 Å². The van der Waals surface area contributed by atoms with Crippen LogP contribution < -0.4 is 0 Å². The van der Waals surface area contributed by atoms with E-state index in [-0.39, 0.29) is 5.91 Å². The maximum atomic E-state index is 13.6. The standard InChI is InChI=1S/C23H21F2IN4O/c24-19-6-3-16(11-20(19)25)12-28-9-7-21-18(14-28)22(31)30(23-27-8-10-29(21)23)13-15-1-4-17(26)5-2-15/h1-6,11H,7-10,12-14H2. The fraction of sp³-hybridized carbons (Fsp3) is 0.304. The highest BCUT2D eigenvalue weighted by molar-refractivity contribution is 14.1. The maximum absolute atomic E-state index is 13.6. The summed E-state index contributed by atoms with van der Waals surface area (Å²) >= 11 is 2.27. The highest BCUT2D eigenvalue weighted by atomic mass is 127. The molecule has 0 saturated carbocycles. The van der Waals surface area contributed by atoms with Crippen molar-refractivity contribution in [2.75, 3.05) is 26.2 Å². The predicted molar refractivity (Wildman–Crippen MR) is 122 cm³/mol. The molecule has 2 aromatic carbocycles. The topological polar surface area (TPSA) is 39.2 Å². The van der Waals surface area contributed by atoms with Gasteiger partial charge in [0.25, 0.3) is 5.91 Å². The fourth-order valence-corrected chi connectivity index (χ4v) is 4.78. The van der Waals surface area contributed by atoms with Crippen molar-refractivity contribution < 1.29 is 13.6 Å². The Morgan fingerprint density at radius 2 is 1.74 bits per heavy atom. The van der Waals surface area contributed by atoms with Crippen molar-refractivity contribution in [3.05, 3.63) is 80.1 Å². The Morgan fingerprint density at radius 3 is 2.52 bits per heavy atom. The van der Waals surface area contributed by atoms with Crippen LogP contribution in [0, 0.1) is 15.2 Å². The molecule has 0 saturated heterocycles. The van der Waals surface area contributed by atoms with Crippen LogP contribution in [0.5, 0.6) is 0 Å². The molecule has 0 unspecified atom stereocenters. The van der Waals surface area contributed by atoms with Gasteiger partial charge >= 0.3 is 0 Å². The van der Waals surface area contributed by atoms with Gasteiger partial charge in [0.2, 0.25) is 5.96 Å². The molecule has 5 rings (SSSR count). The first-order chi connectivity index (χ1) is 15.0. The Balaban J connectivity index is 1.39. The van der Waals surface area contributed by atoms with Crippen molar-refractivity contribution >= 4 is 34.5 Å². The number of benzene rings is 2. The molecule has 2 aromatic rings. The van der Waals surface area contributed by atoms with E-state index in [1.54, 1.807) is 11.0 Å². The third-order valence-corrected chi connectivity index (χ3v) is 6.65. The average molecular weight is 534 g/mol. The van der Waals surface area contributed by atoms with Crippen molar-refractivity contribution in [1.82, 2.24) is 14.7 Å². The second-order valence-electron chi connectivity index (χ2n) is 7.99. The Labute approximate surface area is 193 Å². The highest BCUT2D eigenvalue weighted by Crippen LogP contribution is 2.32. The molecule has 31 heavy (non-hydrogen) atoms. The van der Waals surface area contributed by atoms with Crippen LogP contribution in [0.15, 0.2) is 58.7 Å². The van der Waals surface area contributed by atoms with E-state index in [0.717, 1.165) is 51.9 Å². The van der Waals surface area contributed by atoms with Gasteiger partial charge in [-0.25, -0.2) is 8.78 Å². The lowest BCUT2D eigenvalue weighted by atomic mass is 10.00. The number of nitrogens with zero attached hydrogens (tertiary/aromatic N) is 4. The van der Waals surface area contributed by atoms with Gasteiger partial charge in [-0.1, -0.05) is 18.2 Å². The first-order valence-corrected chi connectivity index (χ1v) is 11.3. The van der Waals surface area contributed by atoms with Crippen molar-refractivity contribution in [1.29, 1.82) is 0 Å². The Kier molecular flexibility index (Phi) is 5.51. The zero-order chi connectivity index (χ0) is 21.5. The summed E-state index contributed by atoms with van der Waals surface area (Å²) in [5.41, 5.74) is 3.59. The Morgan fingerprint density at radius 1 is 0.968 bits per heavy atom. The van der Waals surface area contributed by atoms with Crippen molar-refractivity contribution in [3.8, 4) is 0 Å². The lowest BCUT2D eigenvalue weighted by Crippen LogP contribution is -2.53. The molecule has 0 radical (unpaired) electrons. The number of halogens is 3. The highest BCUT2D eigenvalue weighted by Gasteiger charge is 2.40. The normalized spacial score (nSPS) is 18.9. The maximum Gasteiger partial charge on any atom is 0.259 e. The summed E-state index contributed by atoms with van der Waals surface area (Å²) in [5.74, 6) is -0.955. The smallest absolute Gasteiger partial charge is 0.259 e. The zero-order valence-corrected chi connectivity index (χ0v) is 19.0. The number of amides is 1. The number of rotatable bonds is 4. The average Bonchev–Trinajstić information content (AvgIpc) is 3.25. The minimum Gasteiger partial charge on any atom is -0.314 e. The number of hydrogen-bond acceptors (Lipinski definition) is 4. The van der Waals surface area contributed by atoms with Crippen LogP contribution in [0.2, 0.25) is 0 Å². The molecule has 0 bridgehead atoms. The van der Waals surface area contributed by atoms with Crippen LogP contribution in [0.25, 0.3) is 0 Å². The molecule has 8 heteroatoms. The first kappa shape index (κ1) is 20.6. The number of hydrogen-bond donors (Lipinski definition) is 0. The zero-order valence-electron chi connectivity index (χ0n) is 16.8. The third kappa shape index (κ3) is 3.98.